The Hall–Kier alpha value is -0.650. The summed E-state index contributed by atoms with van der Waals surface area (Å²) in [6, 6.07) is 0. The Morgan fingerprint density at radius 3 is 2.40 bits per heavy atom. The van der Waals surface area contributed by atoms with Crippen LogP contribution in [0.1, 0.15) is 13.8 Å². The highest BCUT2D eigenvalue weighted by atomic mass is 16.7. The highest BCUT2D eigenvalue weighted by molar-refractivity contribution is 5.79. The normalized spacial score (nSPS) is 16.5. The van der Waals surface area contributed by atoms with Crippen molar-refractivity contribution in [1.29, 1.82) is 0 Å². The zero-order chi connectivity index (χ0) is 11.1. The maximum Gasteiger partial charge on any atom is 0.225 e. The summed E-state index contributed by atoms with van der Waals surface area (Å²) in [5.74, 6) is 0.201. The summed E-state index contributed by atoms with van der Waals surface area (Å²) in [5.41, 5.74) is 0. The van der Waals surface area contributed by atoms with Crippen LogP contribution in [0.5, 0.6) is 0 Å². The van der Waals surface area contributed by atoms with Gasteiger partial charge in [-0.25, -0.2) is 0 Å². The van der Waals surface area contributed by atoms with E-state index in [1.54, 1.807) is 0 Å². The molecule has 1 fully saturated rings. The van der Waals surface area contributed by atoms with Crippen molar-refractivity contribution >= 4 is 5.91 Å². The molecule has 15 heavy (non-hydrogen) atoms. The SMILES string of the molecule is CCOC(CNC(=O)C1CNC1)OCC. The van der Waals surface area contributed by atoms with Crippen LogP contribution in [0.4, 0.5) is 0 Å². The highest BCUT2D eigenvalue weighted by Crippen LogP contribution is 2.02. The van der Waals surface area contributed by atoms with Crippen LogP contribution < -0.4 is 10.6 Å². The minimum atomic E-state index is -0.322. The minimum absolute atomic E-state index is 0.0816. The van der Waals surface area contributed by atoms with Gasteiger partial charge in [-0.3, -0.25) is 4.79 Å². The standard InChI is InChI=1S/C10H20N2O3/c1-3-14-9(15-4-2)7-12-10(13)8-5-11-6-8/h8-9,11H,3-7H2,1-2H3,(H,12,13). The van der Waals surface area contributed by atoms with E-state index in [1.807, 2.05) is 13.8 Å². The average molecular weight is 216 g/mol. The molecule has 1 aliphatic heterocycles. The van der Waals surface area contributed by atoms with E-state index in [4.69, 9.17) is 9.47 Å². The Bertz CT molecular complexity index is 189. The van der Waals surface area contributed by atoms with E-state index < -0.39 is 0 Å². The molecule has 1 heterocycles. The first-order valence-electron chi connectivity index (χ1n) is 5.49. The second kappa shape index (κ2) is 6.76. The number of rotatable bonds is 7. The fourth-order valence-corrected chi connectivity index (χ4v) is 1.34. The molecular weight excluding hydrogens is 196 g/mol. The van der Waals surface area contributed by atoms with Gasteiger partial charge >= 0.3 is 0 Å². The van der Waals surface area contributed by atoms with Crippen LogP contribution in [0.25, 0.3) is 0 Å². The highest BCUT2D eigenvalue weighted by Gasteiger charge is 2.25. The van der Waals surface area contributed by atoms with Crippen molar-refractivity contribution in [2.75, 3.05) is 32.8 Å². The quantitative estimate of drug-likeness (QED) is 0.575. The zero-order valence-corrected chi connectivity index (χ0v) is 9.41. The predicted molar refractivity (Wildman–Crippen MR) is 56.4 cm³/mol. The summed E-state index contributed by atoms with van der Waals surface area (Å²) in [4.78, 5) is 11.5. The van der Waals surface area contributed by atoms with Gasteiger partial charge in [0, 0.05) is 26.3 Å². The molecular formula is C10H20N2O3. The maximum absolute atomic E-state index is 11.5. The Morgan fingerprint density at radius 2 is 2.00 bits per heavy atom. The number of nitrogens with one attached hydrogen (secondary N) is 2. The number of carbonyl (C=O) groups excluding carboxylic acids is 1. The Labute approximate surface area is 90.5 Å². The van der Waals surface area contributed by atoms with Crippen molar-refractivity contribution in [2.45, 2.75) is 20.1 Å². The van der Waals surface area contributed by atoms with Crippen LogP contribution >= 0.6 is 0 Å². The summed E-state index contributed by atoms with van der Waals surface area (Å²) in [7, 11) is 0. The fourth-order valence-electron chi connectivity index (χ4n) is 1.34. The second-order valence-electron chi connectivity index (χ2n) is 3.44. The fraction of sp³-hybridized carbons (Fsp3) is 0.900. The first-order valence-corrected chi connectivity index (χ1v) is 5.49. The first kappa shape index (κ1) is 12.4. The molecule has 0 aromatic carbocycles. The van der Waals surface area contributed by atoms with Crippen molar-refractivity contribution in [3.05, 3.63) is 0 Å². The molecule has 88 valence electrons. The Balaban J connectivity index is 2.16. The van der Waals surface area contributed by atoms with E-state index in [1.165, 1.54) is 0 Å². The van der Waals surface area contributed by atoms with Crippen LogP contribution in [0.3, 0.4) is 0 Å². The second-order valence-corrected chi connectivity index (χ2v) is 3.44. The van der Waals surface area contributed by atoms with Crippen LogP contribution in [0.2, 0.25) is 0 Å². The lowest BCUT2D eigenvalue weighted by atomic mass is 10.0. The third kappa shape index (κ3) is 4.15. The van der Waals surface area contributed by atoms with Crippen molar-refractivity contribution < 1.29 is 14.3 Å². The van der Waals surface area contributed by atoms with E-state index >= 15 is 0 Å². The molecule has 0 bridgehead atoms. The molecule has 1 rings (SSSR count). The number of hydrogen-bond donors (Lipinski definition) is 2. The van der Waals surface area contributed by atoms with Crippen molar-refractivity contribution in [3.63, 3.8) is 0 Å². The Kier molecular flexibility index (Phi) is 5.60. The van der Waals surface area contributed by atoms with Gasteiger partial charge in [0.25, 0.3) is 0 Å². The lowest BCUT2D eigenvalue weighted by Crippen LogP contribution is -2.52. The number of ether oxygens (including phenoxy) is 2. The molecule has 1 amide bonds. The number of carbonyl (C=O) groups is 1. The van der Waals surface area contributed by atoms with Gasteiger partial charge in [-0.05, 0) is 13.8 Å². The van der Waals surface area contributed by atoms with Crippen LogP contribution in [0, 0.1) is 5.92 Å². The number of amides is 1. The summed E-state index contributed by atoms with van der Waals surface area (Å²) < 4.78 is 10.6. The zero-order valence-electron chi connectivity index (χ0n) is 9.41. The Morgan fingerprint density at radius 1 is 1.40 bits per heavy atom. The van der Waals surface area contributed by atoms with Gasteiger partial charge in [-0.1, -0.05) is 0 Å². The monoisotopic (exact) mass is 216 g/mol. The van der Waals surface area contributed by atoms with Crippen molar-refractivity contribution in [1.82, 2.24) is 10.6 Å². The van der Waals surface area contributed by atoms with Gasteiger partial charge in [0.15, 0.2) is 6.29 Å². The molecule has 5 nitrogen and oxygen atoms in total. The van der Waals surface area contributed by atoms with E-state index in [2.05, 4.69) is 10.6 Å². The molecule has 0 aliphatic carbocycles. The molecule has 0 atom stereocenters. The van der Waals surface area contributed by atoms with Gasteiger partial charge < -0.3 is 20.1 Å². The van der Waals surface area contributed by atoms with Crippen LogP contribution in [-0.2, 0) is 14.3 Å². The van der Waals surface area contributed by atoms with Crippen molar-refractivity contribution in [2.24, 2.45) is 5.92 Å². The van der Waals surface area contributed by atoms with Gasteiger partial charge in [0.2, 0.25) is 5.91 Å². The molecule has 5 heteroatoms. The topological polar surface area (TPSA) is 59.6 Å². The molecule has 2 N–H and O–H groups in total. The third-order valence-electron chi connectivity index (χ3n) is 2.30. The first-order chi connectivity index (χ1) is 7.27. The maximum atomic E-state index is 11.5. The molecule has 0 aromatic rings. The van der Waals surface area contributed by atoms with E-state index in [0.29, 0.717) is 19.8 Å². The summed E-state index contributed by atoms with van der Waals surface area (Å²) in [6.07, 6.45) is -0.322. The molecule has 0 saturated carbocycles. The lowest BCUT2D eigenvalue weighted by Gasteiger charge is -2.26. The smallest absolute Gasteiger partial charge is 0.225 e. The van der Waals surface area contributed by atoms with Crippen LogP contribution in [-0.4, -0.2) is 45.0 Å². The summed E-state index contributed by atoms with van der Waals surface area (Å²) >= 11 is 0. The van der Waals surface area contributed by atoms with Crippen LogP contribution in [0.15, 0.2) is 0 Å². The van der Waals surface area contributed by atoms with Gasteiger partial charge in [0.1, 0.15) is 0 Å². The minimum Gasteiger partial charge on any atom is -0.351 e. The molecule has 0 aromatic heterocycles. The largest absolute Gasteiger partial charge is 0.351 e. The molecule has 0 unspecified atom stereocenters. The molecule has 0 spiro atoms. The molecule has 0 radical (unpaired) electrons. The van der Waals surface area contributed by atoms with Gasteiger partial charge in [0.05, 0.1) is 12.5 Å². The van der Waals surface area contributed by atoms with E-state index in [-0.39, 0.29) is 18.1 Å². The molecule has 1 saturated heterocycles. The third-order valence-corrected chi connectivity index (χ3v) is 2.30. The van der Waals surface area contributed by atoms with Crippen molar-refractivity contribution in [3.8, 4) is 0 Å². The van der Waals surface area contributed by atoms with E-state index in [9.17, 15) is 4.79 Å². The predicted octanol–water partition coefficient (Wildman–Crippen LogP) is -0.279. The van der Waals surface area contributed by atoms with E-state index in [0.717, 1.165) is 13.1 Å². The lowest BCUT2D eigenvalue weighted by molar-refractivity contribution is -0.142. The number of hydrogen-bond acceptors (Lipinski definition) is 4. The van der Waals surface area contributed by atoms with Gasteiger partial charge in [-0.2, -0.15) is 0 Å². The van der Waals surface area contributed by atoms with Gasteiger partial charge in [-0.15, -0.1) is 0 Å². The molecule has 1 aliphatic rings. The summed E-state index contributed by atoms with van der Waals surface area (Å²) in [6.45, 7) is 6.97. The summed E-state index contributed by atoms with van der Waals surface area (Å²) in [5, 5.41) is 5.88. The average Bonchev–Trinajstić information content (AvgIpc) is 2.12.